The Morgan fingerprint density at radius 3 is 2.52 bits per heavy atom. The van der Waals surface area contributed by atoms with Crippen molar-refractivity contribution in [2.75, 3.05) is 11.1 Å². The lowest BCUT2D eigenvalue weighted by molar-refractivity contribution is -0.150. The standard InChI is InChI=1S/C21H18FNO3S/c1-14(21(25)23-19-9-5-4-8-18(19)22)26-20(24)13-27-17-11-10-15-6-2-3-7-16(15)12-17/h2-12,14H,13H2,1H3,(H,23,25)/t14-/m1/s1. The molecule has 27 heavy (non-hydrogen) atoms. The van der Waals surface area contributed by atoms with E-state index in [-0.39, 0.29) is 11.4 Å². The molecule has 0 unspecified atom stereocenters. The van der Waals surface area contributed by atoms with Crippen LogP contribution in [0.4, 0.5) is 10.1 Å². The molecule has 0 spiro atoms. The first-order chi connectivity index (χ1) is 13.0. The third kappa shape index (κ3) is 5.08. The quantitative estimate of drug-likeness (QED) is 0.498. The molecule has 6 heteroatoms. The van der Waals surface area contributed by atoms with Crippen LogP contribution in [0, 0.1) is 5.82 Å². The van der Waals surface area contributed by atoms with Crippen LogP contribution in [0.1, 0.15) is 6.92 Å². The minimum Gasteiger partial charge on any atom is -0.452 e. The molecule has 0 saturated carbocycles. The second-order valence-electron chi connectivity index (χ2n) is 5.90. The van der Waals surface area contributed by atoms with Gasteiger partial charge in [-0.2, -0.15) is 0 Å². The van der Waals surface area contributed by atoms with E-state index in [1.54, 1.807) is 6.07 Å². The molecular formula is C21H18FNO3S. The molecular weight excluding hydrogens is 365 g/mol. The predicted molar refractivity (Wildman–Crippen MR) is 105 cm³/mol. The zero-order valence-electron chi connectivity index (χ0n) is 14.6. The fourth-order valence-electron chi connectivity index (χ4n) is 2.48. The molecule has 0 aliphatic heterocycles. The number of nitrogens with one attached hydrogen (secondary N) is 1. The number of thioether (sulfide) groups is 1. The number of carbonyl (C=O) groups excluding carboxylic acids is 2. The Kier molecular flexibility index (Phi) is 6.08. The van der Waals surface area contributed by atoms with Crippen molar-refractivity contribution in [3.8, 4) is 0 Å². The third-order valence-corrected chi connectivity index (χ3v) is 4.85. The molecule has 3 aromatic carbocycles. The number of amides is 1. The molecule has 3 rings (SSSR count). The number of fused-ring (bicyclic) bond motifs is 1. The molecule has 3 aromatic rings. The molecule has 0 fully saturated rings. The summed E-state index contributed by atoms with van der Waals surface area (Å²) in [5, 5.41) is 4.63. The predicted octanol–water partition coefficient (Wildman–Crippen LogP) is 4.64. The van der Waals surface area contributed by atoms with Gasteiger partial charge in [0.15, 0.2) is 6.10 Å². The molecule has 1 N–H and O–H groups in total. The monoisotopic (exact) mass is 383 g/mol. The first-order valence-electron chi connectivity index (χ1n) is 8.39. The van der Waals surface area contributed by atoms with Gasteiger partial charge in [0.2, 0.25) is 0 Å². The Hall–Kier alpha value is -2.86. The van der Waals surface area contributed by atoms with Crippen LogP contribution in [0.3, 0.4) is 0 Å². The Morgan fingerprint density at radius 1 is 1.04 bits per heavy atom. The zero-order chi connectivity index (χ0) is 19.2. The van der Waals surface area contributed by atoms with Gasteiger partial charge in [-0.3, -0.25) is 9.59 Å². The molecule has 4 nitrogen and oxygen atoms in total. The van der Waals surface area contributed by atoms with E-state index < -0.39 is 23.8 Å². The second-order valence-corrected chi connectivity index (χ2v) is 6.95. The molecule has 0 heterocycles. The van der Waals surface area contributed by atoms with Crippen LogP contribution in [-0.2, 0) is 14.3 Å². The average molecular weight is 383 g/mol. The lowest BCUT2D eigenvalue weighted by Crippen LogP contribution is -2.30. The summed E-state index contributed by atoms with van der Waals surface area (Å²) in [6, 6.07) is 19.7. The number of ether oxygens (including phenoxy) is 1. The van der Waals surface area contributed by atoms with E-state index in [0.717, 1.165) is 15.7 Å². The maximum Gasteiger partial charge on any atom is 0.317 e. The van der Waals surface area contributed by atoms with Crippen LogP contribution < -0.4 is 5.32 Å². The molecule has 138 valence electrons. The van der Waals surface area contributed by atoms with E-state index in [4.69, 9.17) is 4.74 Å². The second kappa shape index (κ2) is 8.68. The lowest BCUT2D eigenvalue weighted by atomic mass is 10.1. The Morgan fingerprint density at radius 2 is 1.74 bits per heavy atom. The highest BCUT2D eigenvalue weighted by molar-refractivity contribution is 8.00. The summed E-state index contributed by atoms with van der Waals surface area (Å²) in [6.45, 7) is 1.45. The smallest absolute Gasteiger partial charge is 0.317 e. The minimum atomic E-state index is -1.02. The van der Waals surface area contributed by atoms with Crippen LogP contribution in [0.15, 0.2) is 71.6 Å². The van der Waals surface area contributed by atoms with Crippen LogP contribution >= 0.6 is 11.8 Å². The number of benzene rings is 3. The van der Waals surface area contributed by atoms with Crippen molar-refractivity contribution in [2.45, 2.75) is 17.9 Å². The van der Waals surface area contributed by atoms with Gasteiger partial charge in [-0.1, -0.05) is 42.5 Å². The minimum absolute atomic E-state index is 0.0518. The summed E-state index contributed by atoms with van der Waals surface area (Å²) in [6.07, 6.45) is -1.02. The van der Waals surface area contributed by atoms with Gasteiger partial charge in [0.25, 0.3) is 5.91 Å². The van der Waals surface area contributed by atoms with Gasteiger partial charge >= 0.3 is 5.97 Å². The number of halogens is 1. The van der Waals surface area contributed by atoms with E-state index in [2.05, 4.69) is 5.32 Å². The van der Waals surface area contributed by atoms with Gasteiger partial charge in [-0.15, -0.1) is 11.8 Å². The van der Waals surface area contributed by atoms with Crippen molar-refractivity contribution in [1.29, 1.82) is 0 Å². The summed E-state index contributed by atoms with van der Waals surface area (Å²) in [7, 11) is 0. The molecule has 0 aliphatic carbocycles. The Bertz CT molecular complexity index is 976. The van der Waals surface area contributed by atoms with Crippen LogP contribution in [-0.4, -0.2) is 23.7 Å². The van der Waals surface area contributed by atoms with E-state index in [1.165, 1.54) is 36.9 Å². The maximum atomic E-state index is 13.6. The largest absolute Gasteiger partial charge is 0.452 e. The molecule has 0 bridgehead atoms. The summed E-state index contributed by atoms with van der Waals surface area (Å²) < 4.78 is 18.7. The zero-order valence-corrected chi connectivity index (χ0v) is 15.5. The van der Waals surface area contributed by atoms with Gasteiger partial charge in [-0.25, -0.2) is 4.39 Å². The van der Waals surface area contributed by atoms with E-state index in [0.29, 0.717) is 0 Å². The van der Waals surface area contributed by atoms with Gasteiger partial charge in [-0.05, 0) is 42.0 Å². The first-order valence-corrected chi connectivity index (χ1v) is 9.38. The van der Waals surface area contributed by atoms with Gasteiger partial charge < -0.3 is 10.1 Å². The number of hydrogen-bond acceptors (Lipinski definition) is 4. The fourth-order valence-corrected chi connectivity index (χ4v) is 3.21. The number of carbonyl (C=O) groups is 2. The Balaban J connectivity index is 1.52. The summed E-state index contributed by atoms with van der Waals surface area (Å²) in [5.41, 5.74) is 0.0518. The Labute approximate surface area is 160 Å². The number of rotatable bonds is 6. The summed E-state index contributed by atoms with van der Waals surface area (Å²) in [5.74, 6) is -1.56. The van der Waals surface area contributed by atoms with Crippen molar-refractivity contribution in [3.05, 3.63) is 72.5 Å². The first kappa shape index (κ1) is 18.9. The maximum absolute atomic E-state index is 13.6. The fraction of sp³-hybridized carbons (Fsp3) is 0.143. The number of hydrogen-bond donors (Lipinski definition) is 1. The van der Waals surface area contributed by atoms with Crippen LogP contribution in [0.5, 0.6) is 0 Å². The molecule has 0 aromatic heterocycles. The summed E-state index contributed by atoms with van der Waals surface area (Å²) in [4.78, 5) is 25.0. The molecule has 0 radical (unpaired) electrons. The lowest BCUT2D eigenvalue weighted by Gasteiger charge is -2.14. The van der Waals surface area contributed by atoms with Gasteiger partial charge in [0.05, 0.1) is 11.4 Å². The van der Waals surface area contributed by atoms with Gasteiger partial charge in [0, 0.05) is 4.90 Å². The van der Waals surface area contributed by atoms with Crippen molar-refractivity contribution < 1.29 is 18.7 Å². The topological polar surface area (TPSA) is 55.4 Å². The van der Waals surface area contributed by atoms with Gasteiger partial charge in [0.1, 0.15) is 5.82 Å². The highest BCUT2D eigenvalue weighted by Gasteiger charge is 2.19. The summed E-state index contributed by atoms with van der Waals surface area (Å²) >= 11 is 1.34. The van der Waals surface area contributed by atoms with E-state index in [1.807, 2.05) is 42.5 Å². The highest BCUT2D eigenvalue weighted by atomic mass is 32.2. The number of anilines is 1. The van der Waals surface area contributed by atoms with E-state index in [9.17, 15) is 14.0 Å². The highest BCUT2D eigenvalue weighted by Crippen LogP contribution is 2.23. The van der Waals surface area contributed by atoms with Crippen molar-refractivity contribution in [2.24, 2.45) is 0 Å². The number of para-hydroxylation sites is 1. The van der Waals surface area contributed by atoms with E-state index >= 15 is 0 Å². The SMILES string of the molecule is C[C@@H](OC(=O)CSc1ccc2ccccc2c1)C(=O)Nc1ccccc1F. The van der Waals surface area contributed by atoms with Crippen molar-refractivity contribution in [3.63, 3.8) is 0 Å². The van der Waals surface area contributed by atoms with Crippen molar-refractivity contribution >= 4 is 40.1 Å². The number of esters is 1. The normalized spacial score (nSPS) is 11.8. The average Bonchev–Trinajstić information content (AvgIpc) is 2.68. The van der Waals surface area contributed by atoms with Crippen LogP contribution in [0.2, 0.25) is 0 Å². The molecule has 1 atom stereocenters. The molecule has 0 saturated heterocycles. The third-order valence-electron chi connectivity index (χ3n) is 3.89. The van der Waals surface area contributed by atoms with Crippen LogP contribution in [0.25, 0.3) is 10.8 Å². The molecule has 0 aliphatic rings. The molecule has 1 amide bonds. The van der Waals surface area contributed by atoms with Crippen molar-refractivity contribution in [1.82, 2.24) is 0 Å².